The van der Waals surface area contributed by atoms with Gasteiger partial charge in [0, 0.05) is 6.20 Å². The van der Waals surface area contributed by atoms with E-state index in [1.807, 2.05) is 12.3 Å². The monoisotopic (exact) mass is 242 g/mol. The van der Waals surface area contributed by atoms with Crippen molar-refractivity contribution in [1.82, 2.24) is 9.78 Å². The molecular formula is C14H14N2O2. The summed E-state index contributed by atoms with van der Waals surface area (Å²) in [6.45, 7) is 0. The fourth-order valence-corrected chi connectivity index (χ4v) is 2.45. The molecule has 0 atom stereocenters. The molecule has 1 aromatic carbocycles. The molecule has 0 saturated heterocycles. The first-order chi connectivity index (χ1) is 8.75. The van der Waals surface area contributed by atoms with E-state index in [2.05, 4.69) is 5.10 Å². The van der Waals surface area contributed by atoms with Crippen molar-refractivity contribution in [2.45, 2.75) is 25.7 Å². The van der Waals surface area contributed by atoms with Gasteiger partial charge in [-0.05, 0) is 43.4 Å². The molecule has 1 aliphatic carbocycles. The molecule has 0 bridgehead atoms. The van der Waals surface area contributed by atoms with Gasteiger partial charge in [-0.3, -0.25) is 0 Å². The van der Waals surface area contributed by atoms with E-state index in [0.29, 0.717) is 5.69 Å². The van der Waals surface area contributed by atoms with Gasteiger partial charge in [0.1, 0.15) is 0 Å². The minimum absolute atomic E-state index is 0.289. The van der Waals surface area contributed by atoms with Gasteiger partial charge in [-0.1, -0.05) is 12.1 Å². The Kier molecular flexibility index (Phi) is 2.63. The van der Waals surface area contributed by atoms with Gasteiger partial charge in [0.2, 0.25) is 0 Å². The number of hydrogen-bond acceptors (Lipinski definition) is 2. The third-order valence-electron chi connectivity index (χ3n) is 3.37. The fraction of sp³-hybridized carbons (Fsp3) is 0.286. The largest absolute Gasteiger partial charge is 0.478 e. The van der Waals surface area contributed by atoms with Gasteiger partial charge in [0.25, 0.3) is 0 Å². The summed E-state index contributed by atoms with van der Waals surface area (Å²) in [5, 5.41) is 13.7. The van der Waals surface area contributed by atoms with E-state index in [4.69, 9.17) is 0 Å². The molecule has 0 saturated carbocycles. The minimum Gasteiger partial charge on any atom is -0.478 e. The number of rotatable bonds is 2. The standard InChI is InChI=1S/C14H14N2O2/c17-14(18)11-6-2-4-8-13(11)16-9-10-5-1-3-7-12(10)15-16/h2,4,6,8-9H,1,3,5,7H2,(H,17,18). The van der Waals surface area contributed by atoms with Crippen LogP contribution in [-0.2, 0) is 12.8 Å². The van der Waals surface area contributed by atoms with E-state index in [1.54, 1.807) is 22.9 Å². The van der Waals surface area contributed by atoms with Gasteiger partial charge in [-0.15, -0.1) is 0 Å². The van der Waals surface area contributed by atoms with Crippen molar-refractivity contribution in [2.24, 2.45) is 0 Å². The van der Waals surface area contributed by atoms with Gasteiger partial charge in [0.15, 0.2) is 0 Å². The van der Waals surface area contributed by atoms with Crippen molar-refractivity contribution in [3.05, 3.63) is 47.3 Å². The topological polar surface area (TPSA) is 55.1 Å². The maximum absolute atomic E-state index is 11.2. The second-order valence-corrected chi connectivity index (χ2v) is 4.58. The van der Waals surface area contributed by atoms with Crippen LogP contribution in [0.25, 0.3) is 5.69 Å². The number of carboxylic acid groups (broad SMARTS) is 1. The quantitative estimate of drug-likeness (QED) is 0.880. The van der Waals surface area contributed by atoms with Crippen LogP contribution in [0.2, 0.25) is 0 Å². The van der Waals surface area contributed by atoms with Crippen molar-refractivity contribution < 1.29 is 9.90 Å². The molecule has 4 nitrogen and oxygen atoms in total. The van der Waals surface area contributed by atoms with E-state index >= 15 is 0 Å². The number of nitrogens with zero attached hydrogens (tertiary/aromatic N) is 2. The Balaban J connectivity index is 2.09. The van der Waals surface area contributed by atoms with Gasteiger partial charge >= 0.3 is 5.97 Å². The zero-order valence-electron chi connectivity index (χ0n) is 9.97. The molecular weight excluding hydrogens is 228 g/mol. The van der Waals surface area contributed by atoms with Crippen molar-refractivity contribution >= 4 is 5.97 Å². The maximum atomic E-state index is 11.2. The molecule has 0 aliphatic heterocycles. The summed E-state index contributed by atoms with van der Waals surface area (Å²) in [4.78, 5) is 11.2. The number of aromatic nitrogens is 2. The predicted molar refractivity (Wildman–Crippen MR) is 67.2 cm³/mol. The summed E-state index contributed by atoms with van der Waals surface area (Å²) in [7, 11) is 0. The Labute approximate surface area is 105 Å². The van der Waals surface area contributed by atoms with Crippen LogP contribution in [0.4, 0.5) is 0 Å². The van der Waals surface area contributed by atoms with E-state index in [9.17, 15) is 9.90 Å². The van der Waals surface area contributed by atoms with E-state index in [0.717, 1.165) is 18.5 Å². The van der Waals surface area contributed by atoms with Gasteiger partial charge < -0.3 is 5.11 Å². The third kappa shape index (κ3) is 1.79. The molecule has 0 fully saturated rings. The summed E-state index contributed by atoms with van der Waals surface area (Å²) < 4.78 is 1.71. The van der Waals surface area contributed by atoms with E-state index in [1.165, 1.54) is 18.4 Å². The molecule has 0 radical (unpaired) electrons. The molecule has 1 heterocycles. The molecule has 0 unspecified atom stereocenters. The Morgan fingerprint density at radius 1 is 1.22 bits per heavy atom. The first-order valence-corrected chi connectivity index (χ1v) is 6.16. The van der Waals surface area contributed by atoms with Gasteiger partial charge in [0.05, 0.1) is 16.9 Å². The Morgan fingerprint density at radius 3 is 2.78 bits per heavy atom. The van der Waals surface area contributed by atoms with E-state index < -0.39 is 5.97 Å². The van der Waals surface area contributed by atoms with Crippen molar-refractivity contribution in [1.29, 1.82) is 0 Å². The smallest absolute Gasteiger partial charge is 0.337 e. The molecule has 0 spiro atoms. The molecule has 1 aliphatic rings. The first kappa shape index (κ1) is 11.0. The maximum Gasteiger partial charge on any atom is 0.337 e. The van der Waals surface area contributed by atoms with Crippen molar-refractivity contribution in [3.63, 3.8) is 0 Å². The van der Waals surface area contributed by atoms with Crippen LogP contribution >= 0.6 is 0 Å². The molecule has 0 amide bonds. The summed E-state index contributed by atoms with van der Waals surface area (Å²) >= 11 is 0. The van der Waals surface area contributed by atoms with Crippen LogP contribution in [-0.4, -0.2) is 20.9 Å². The third-order valence-corrected chi connectivity index (χ3v) is 3.37. The lowest BCUT2D eigenvalue weighted by Gasteiger charge is -2.06. The van der Waals surface area contributed by atoms with Gasteiger partial charge in [-0.25, -0.2) is 9.48 Å². The number of para-hydroxylation sites is 1. The lowest BCUT2D eigenvalue weighted by atomic mass is 9.99. The van der Waals surface area contributed by atoms with Crippen LogP contribution in [0.5, 0.6) is 0 Å². The molecule has 3 rings (SSSR count). The fourth-order valence-electron chi connectivity index (χ4n) is 2.45. The lowest BCUT2D eigenvalue weighted by molar-refractivity contribution is 0.0696. The number of aryl methyl sites for hydroxylation is 2. The number of aromatic carboxylic acids is 1. The Morgan fingerprint density at radius 2 is 2.00 bits per heavy atom. The molecule has 92 valence electrons. The number of fused-ring (bicyclic) bond motifs is 1. The van der Waals surface area contributed by atoms with Crippen LogP contribution in [0.1, 0.15) is 34.5 Å². The summed E-state index contributed by atoms with van der Waals surface area (Å²) in [5.74, 6) is -0.918. The highest BCUT2D eigenvalue weighted by atomic mass is 16.4. The zero-order valence-corrected chi connectivity index (χ0v) is 9.97. The van der Waals surface area contributed by atoms with Crippen molar-refractivity contribution in [3.8, 4) is 5.69 Å². The second kappa shape index (κ2) is 4.29. The van der Waals surface area contributed by atoms with Gasteiger partial charge in [-0.2, -0.15) is 5.10 Å². The SMILES string of the molecule is O=C(O)c1ccccc1-n1cc2c(n1)CCCC2. The Hall–Kier alpha value is -2.10. The predicted octanol–water partition coefficient (Wildman–Crippen LogP) is 2.45. The molecule has 4 heteroatoms. The first-order valence-electron chi connectivity index (χ1n) is 6.16. The highest BCUT2D eigenvalue weighted by Crippen LogP contribution is 2.22. The minimum atomic E-state index is -0.918. The zero-order chi connectivity index (χ0) is 12.5. The van der Waals surface area contributed by atoms with Crippen LogP contribution in [0.15, 0.2) is 30.5 Å². The Bertz CT molecular complexity index is 578. The normalized spacial score (nSPS) is 14.2. The number of benzene rings is 1. The highest BCUT2D eigenvalue weighted by Gasteiger charge is 2.17. The summed E-state index contributed by atoms with van der Waals surface area (Å²) in [6.07, 6.45) is 6.38. The number of carbonyl (C=O) groups is 1. The highest BCUT2D eigenvalue weighted by molar-refractivity contribution is 5.91. The summed E-state index contributed by atoms with van der Waals surface area (Å²) in [6, 6.07) is 6.97. The number of hydrogen-bond donors (Lipinski definition) is 1. The molecule has 1 N–H and O–H groups in total. The molecule has 2 aromatic rings. The summed E-state index contributed by atoms with van der Waals surface area (Å²) in [5.41, 5.74) is 3.29. The average Bonchev–Trinajstić information content (AvgIpc) is 2.82. The average molecular weight is 242 g/mol. The van der Waals surface area contributed by atoms with Crippen LogP contribution in [0, 0.1) is 0 Å². The van der Waals surface area contributed by atoms with E-state index in [-0.39, 0.29) is 5.56 Å². The molecule has 18 heavy (non-hydrogen) atoms. The molecule has 1 aromatic heterocycles. The van der Waals surface area contributed by atoms with Crippen LogP contribution in [0.3, 0.4) is 0 Å². The number of carboxylic acids is 1. The lowest BCUT2D eigenvalue weighted by Crippen LogP contribution is -2.06. The van der Waals surface area contributed by atoms with Crippen LogP contribution < -0.4 is 0 Å². The second-order valence-electron chi connectivity index (χ2n) is 4.58. The van der Waals surface area contributed by atoms with Crippen molar-refractivity contribution in [2.75, 3.05) is 0 Å².